The van der Waals surface area contributed by atoms with E-state index in [9.17, 15) is 20.2 Å². The molecule has 0 heterocycles. The maximum Gasteiger partial charge on any atom is 0.301 e. The highest BCUT2D eigenvalue weighted by Gasteiger charge is 2.55. The van der Waals surface area contributed by atoms with Gasteiger partial charge in [0, 0.05) is 12.0 Å². The number of hydrazone groups is 1. The first kappa shape index (κ1) is 27.3. The number of nitrogens with zero attached hydrogens (tertiary/aromatic N) is 3. The molecule has 2 fully saturated rings. The lowest BCUT2D eigenvalue weighted by atomic mass is 9.53. The van der Waals surface area contributed by atoms with Crippen LogP contribution in [0, 0.1) is 67.1 Å². The Morgan fingerprint density at radius 1 is 1.11 bits per heavy atom. The van der Waals surface area contributed by atoms with Crippen LogP contribution in [0.4, 0.5) is 17.1 Å². The highest BCUT2D eigenvalue weighted by Crippen LogP contribution is 2.63. The second-order valence-electron chi connectivity index (χ2n) is 12.4. The molecule has 1 N–H and O–H groups in total. The number of benzene rings is 1. The lowest BCUT2D eigenvalue weighted by Gasteiger charge is -2.51. The summed E-state index contributed by atoms with van der Waals surface area (Å²) in [5.41, 5.74) is 3.61. The first-order valence-electron chi connectivity index (χ1n) is 14.0. The van der Waals surface area contributed by atoms with Gasteiger partial charge in [0.1, 0.15) is 5.69 Å². The van der Waals surface area contributed by atoms with E-state index in [0.717, 1.165) is 29.5 Å². The molecule has 202 valence electrons. The molecule has 0 bridgehead atoms. The molecule has 0 amide bonds. The van der Waals surface area contributed by atoms with Crippen LogP contribution in [0.2, 0.25) is 0 Å². The lowest BCUT2D eigenvalue weighted by molar-refractivity contribution is -0.393. The number of nitro groups is 2. The summed E-state index contributed by atoms with van der Waals surface area (Å²) < 4.78 is 0. The average molecular weight is 511 g/mol. The van der Waals surface area contributed by atoms with Gasteiger partial charge in [-0.15, -0.1) is 0 Å². The van der Waals surface area contributed by atoms with Crippen molar-refractivity contribution in [2.24, 2.45) is 51.9 Å². The van der Waals surface area contributed by atoms with Crippen LogP contribution in [0.25, 0.3) is 0 Å². The van der Waals surface area contributed by atoms with Crippen molar-refractivity contribution in [3.8, 4) is 0 Å². The molecule has 0 saturated heterocycles. The summed E-state index contributed by atoms with van der Waals surface area (Å²) in [5.74, 6) is 4.36. The van der Waals surface area contributed by atoms with Crippen LogP contribution in [-0.2, 0) is 0 Å². The molecule has 1 aromatic rings. The molecule has 0 spiro atoms. The molecular weight excluding hydrogens is 468 g/mol. The molecule has 0 aromatic heterocycles. The van der Waals surface area contributed by atoms with Crippen molar-refractivity contribution in [2.75, 3.05) is 5.43 Å². The highest BCUT2D eigenvalue weighted by atomic mass is 16.6. The largest absolute Gasteiger partial charge is 0.301 e. The normalized spacial score (nSPS) is 32.7. The number of non-ortho nitro benzene ring substituents is 1. The van der Waals surface area contributed by atoms with Gasteiger partial charge in [0.25, 0.3) is 5.69 Å². The van der Waals surface area contributed by atoms with Crippen molar-refractivity contribution in [3.63, 3.8) is 0 Å². The standard InChI is InChI=1S/C29H42N4O4/c1-18(2)7-6-8-19(3)24-11-12-25-23-10-14-26(20(4)22(23)15-16-29(24,25)5)30-31-27-13-9-21(32(34)35)17-28(27)33(36)37/h9-10,13-14,17-20,22-25,31H,6-8,11-12,15-16H2,1-5H3/b30-26+/t19-,20+,22+,23-,24-,25-,29-/m1/s1. The molecule has 7 atom stereocenters. The maximum atomic E-state index is 11.5. The minimum absolute atomic E-state index is 0.159. The van der Waals surface area contributed by atoms with Crippen LogP contribution in [-0.4, -0.2) is 15.6 Å². The van der Waals surface area contributed by atoms with Crippen LogP contribution < -0.4 is 5.43 Å². The van der Waals surface area contributed by atoms with Crippen molar-refractivity contribution < 1.29 is 9.85 Å². The molecule has 37 heavy (non-hydrogen) atoms. The predicted octanol–water partition coefficient (Wildman–Crippen LogP) is 8.00. The fraction of sp³-hybridized carbons (Fsp3) is 0.690. The summed E-state index contributed by atoms with van der Waals surface area (Å²) in [6.07, 6.45) is 13.5. The van der Waals surface area contributed by atoms with E-state index in [1.165, 1.54) is 57.1 Å². The van der Waals surface area contributed by atoms with Gasteiger partial charge in [-0.2, -0.15) is 5.10 Å². The zero-order valence-electron chi connectivity index (χ0n) is 22.9. The lowest BCUT2D eigenvalue weighted by Crippen LogP contribution is -2.46. The molecule has 8 nitrogen and oxygen atoms in total. The fourth-order valence-corrected chi connectivity index (χ4v) is 7.83. The van der Waals surface area contributed by atoms with Crippen molar-refractivity contribution in [2.45, 2.75) is 79.6 Å². The molecule has 0 unspecified atom stereocenters. The highest BCUT2D eigenvalue weighted by molar-refractivity contribution is 5.98. The maximum absolute atomic E-state index is 11.5. The van der Waals surface area contributed by atoms with Gasteiger partial charge >= 0.3 is 5.69 Å². The Balaban J connectivity index is 1.48. The van der Waals surface area contributed by atoms with E-state index in [2.05, 4.69) is 57.3 Å². The summed E-state index contributed by atoms with van der Waals surface area (Å²) >= 11 is 0. The molecule has 0 aliphatic heterocycles. The number of nitrogens with one attached hydrogen (secondary N) is 1. The predicted molar refractivity (Wildman–Crippen MR) is 148 cm³/mol. The van der Waals surface area contributed by atoms with Crippen LogP contribution in [0.3, 0.4) is 0 Å². The summed E-state index contributed by atoms with van der Waals surface area (Å²) in [7, 11) is 0. The SMILES string of the molecule is CC(C)CCC[C@@H](C)[C@H]1CC[C@@H]2[C@@H]3C=C/C(=N\Nc4ccc([N+](=O)[O-])cc4[N+](=O)[O-])[C@@H](C)[C@@H]3CC[C@@]21C. The zero-order valence-corrected chi connectivity index (χ0v) is 22.9. The Morgan fingerprint density at radius 3 is 2.54 bits per heavy atom. The minimum atomic E-state index is -0.633. The van der Waals surface area contributed by atoms with E-state index >= 15 is 0 Å². The topological polar surface area (TPSA) is 111 Å². The van der Waals surface area contributed by atoms with E-state index in [4.69, 9.17) is 0 Å². The molecule has 4 rings (SSSR count). The van der Waals surface area contributed by atoms with Crippen LogP contribution in [0.5, 0.6) is 0 Å². The van der Waals surface area contributed by atoms with Gasteiger partial charge in [-0.1, -0.05) is 60.0 Å². The quantitative estimate of drug-likeness (QED) is 0.267. The van der Waals surface area contributed by atoms with E-state index in [1.807, 2.05) is 0 Å². The summed E-state index contributed by atoms with van der Waals surface area (Å²) in [6, 6.07) is 3.59. The van der Waals surface area contributed by atoms with Gasteiger partial charge in [0.15, 0.2) is 0 Å². The third-order valence-corrected chi connectivity index (χ3v) is 9.88. The Bertz CT molecular complexity index is 1080. The van der Waals surface area contributed by atoms with E-state index in [-0.39, 0.29) is 23.0 Å². The number of nitro benzene ring substituents is 2. The second-order valence-corrected chi connectivity index (χ2v) is 12.4. The number of hydrogen-bond acceptors (Lipinski definition) is 6. The van der Waals surface area contributed by atoms with Gasteiger partial charge in [-0.25, -0.2) is 0 Å². The van der Waals surface area contributed by atoms with Crippen LogP contribution >= 0.6 is 0 Å². The van der Waals surface area contributed by atoms with Crippen molar-refractivity contribution >= 4 is 22.8 Å². The van der Waals surface area contributed by atoms with E-state index in [0.29, 0.717) is 23.2 Å². The Morgan fingerprint density at radius 2 is 1.86 bits per heavy atom. The van der Waals surface area contributed by atoms with Crippen molar-refractivity contribution in [1.29, 1.82) is 0 Å². The van der Waals surface area contributed by atoms with Gasteiger partial charge in [-0.3, -0.25) is 25.7 Å². The molecular formula is C29H42N4O4. The van der Waals surface area contributed by atoms with Gasteiger partial charge < -0.3 is 0 Å². The molecule has 2 saturated carbocycles. The molecule has 3 aliphatic rings. The monoisotopic (exact) mass is 510 g/mol. The zero-order chi connectivity index (χ0) is 26.9. The first-order valence-corrected chi connectivity index (χ1v) is 14.0. The van der Waals surface area contributed by atoms with Crippen LogP contribution in [0.1, 0.15) is 79.6 Å². The number of allylic oxidation sites excluding steroid dienone is 2. The molecule has 8 heteroatoms. The van der Waals surface area contributed by atoms with Gasteiger partial charge in [0.05, 0.1) is 21.6 Å². The third kappa shape index (κ3) is 5.43. The number of hydrogen-bond donors (Lipinski definition) is 1. The van der Waals surface area contributed by atoms with Crippen molar-refractivity contribution in [3.05, 3.63) is 50.6 Å². The number of rotatable bonds is 9. The van der Waals surface area contributed by atoms with Crippen LogP contribution in [0.15, 0.2) is 35.5 Å². The Hall–Kier alpha value is -2.77. The van der Waals surface area contributed by atoms with E-state index < -0.39 is 9.85 Å². The molecule has 1 aromatic carbocycles. The third-order valence-electron chi connectivity index (χ3n) is 9.88. The molecule has 3 aliphatic carbocycles. The second kappa shape index (κ2) is 10.9. The summed E-state index contributed by atoms with van der Waals surface area (Å²) in [6.45, 7) is 11.9. The average Bonchev–Trinajstić information content (AvgIpc) is 3.20. The molecule has 0 radical (unpaired) electrons. The van der Waals surface area contributed by atoms with Gasteiger partial charge in [0.2, 0.25) is 0 Å². The summed E-state index contributed by atoms with van der Waals surface area (Å²) in [4.78, 5) is 21.3. The fourth-order valence-electron chi connectivity index (χ4n) is 7.83. The Labute approximate surface area is 220 Å². The minimum Gasteiger partial charge on any atom is -0.271 e. The summed E-state index contributed by atoms with van der Waals surface area (Å²) in [5, 5.41) is 27.0. The van der Waals surface area contributed by atoms with Gasteiger partial charge in [-0.05, 0) is 78.7 Å². The number of anilines is 1. The Kier molecular flexibility index (Phi) is 8.05. The first-order chi connectivity index (χ1) is 17.5. The smallest absolute Gasteiger partial charge is 0.271 e. The van der Waals surface area contributed by atoms with Crippen molar-refractivity contribution in [1.82, 2.24) is 0 Å². The number of fused-ring (bicyclic) bond motifs is 3. The van der Waals surface area contributed by atoms with E-state index in [1.54, 1.807) is 0 Å².